The van der Waals surface area contributed by atoms with Gasteiger partial charge in [0.15, 0.2) is 5.16 Å². The van der Waals surface area contributed by atoms with E-state index in [4.69, 9.17) is 9.84 Å². The summed E-state index contributed by atoms with van der Waals surface area (Å²) in [6.45, 7) is 0.0734. The molecular weight excluding hydrogens is 284 g/mol. The van der Waals surface area contributed by atoms with Crippen LogP contribution < -0.4 is 4.74 Å². The minimum Gasteiger partial charge on any atom is -0.495 e. The third-order valence-corrected chi connectivity index (χ3v) is 4.00. The molecule has 110 valence electrons. The lowest BCUT2D eigenvalue weighted by Crippen LogP contribution is -1.92. The van der Waals surface area contributed by atoms with Gasteiger partial charge in [0.25, 0.3) is 0 Å². The Bertz CT molecular complexity index is 656. The maximum Gasteiger partial charge on any atom is 0.167 e. The molecule has 0 unspecified atom stereocenters. The van der Waals surface area contributed by atoms with Crippen molar-refractivity contribution in [2.24, 2.45) is 7.05 Å². The van der Waals surface area contributed by atoms with E-state index in [0.717, 1.165) is 27.8 Å². The summed E-state index contributed by atoms with van der Waals surface area (Å²) >= 11 is 1.68. The minimum absolute atomic E-state index is 0.0734. The Morgan fingerprint density at radius 3 is 2.95 bits per heavy atom. The number of aliphatic hydroxyl groups is 1. The molecule has 0 atom stereocenters. The van der Waals surface area contributed by atoms with Crippen LogP contribution in [0.5, 0.6) is 5.75 Å². The highest BCUT2D eigenvalue weighted by Gasteiger charge is 2.05. The molecule has 1 aromatic heterocycles. The molecule has 0 fully saturated rings. The van der Waals surface area contributed by atoms with Crippen molar-refractivity contribution in [3.63, 3.8) is 0 Å². The molecule has 0 amide bonds. The van der Waals surface area contributed by atoms with Gasteiger partial charge in [0.2, 0.25) is 0 Å². The Balaban J connectivity index is 2.12. The molecule has 4 nitrogen and oxygen atoms in total. The van der Waals surface area contributed by atoms with Crippen molar-refractivity contribution in [1.82, 2.24) is 9.55 Å². The van der Waals surface area contributed by atoms with Crippen LogP contribution in [-0.2, 0) is 12.8 Å². The van der Waals surface area contributed by atoms with Gasteiger partial charge in [-0.3, -0.25) is 0 Å². The number of rotatable bonds is 5. The lowest BCUT2D eigenvalue weighted by atomic mass is 10.1. The van der Waals surface area contributed by atoms with Crippen LogP contribution in [0.3, 0.4) is 0 Å². The Morgan fingerprint density at radius 1 is 1.43 bits per heavy atom. The molecule has 0 aliphatic carbocycles. The van der Waals surface area contributed by atoms with E-state index in [2.05, 4.69) is 16.8 Å². The van der Waals surface area contributed by atoms with Gasteiger partial charge < -0.3 is 14.4 Å². The maximum absolute atomic E-state index is 8.79. The molecule has 0 bridgehead atoms. The molecule has 1 aromatic carbocycles. The molecule has 0 saturated heterocycles. The largest absolute Gasteiger partial charge is 0.495 e. The number of aliphatic hydroxyl groups excluding tert-OH is 1. The van der Waals surface area contributed by atoms with Crippen molar-refractivity contribution in [1.29, 1.82) is 0 Å². The number of hydrogen-bond donors (Lipinski definition) is 1. The first kappa shape index (κ1) is 15.5. The van der Waals surface area contributed by atoms with E-state index < -0.39 is 0 Å². The Kier molecular flexibility index (Phi) is 5.73. The summed E-state index contributed by atoms with van der Waals surface area (Å²) in [4.78, 5) is 4.29. The molecule has 0 saturated carbocycles. The number of methoxy groups -OCH3 is 1. The van der Waals surface area contributed by atoms with E-state index in [1.807, 2.05) is 36.0 Å². The van der Waals surface area contributed by atoms with Crippen LogP contribution in [0.15, 0.2) is 35.7 Å². The molecule has 0 radical (unpaired) electrons. The summed E-state index contributed by atoms with van der Waals surface area (Å²) in [5, 5.41) is 9.78. The second-order valence-electron chi connectivity index (χ2n) is 4.42. The topological polar surface area (TPSA) is 47.3 Å². The Morgan fingerprint density at radius 2 is 2.29 bits per heavy atom. The zero-order valence-electron chi connectivity index (χ0n) is 12.2. The lowest BCUT2D eigenvalue weighted by molar-refractivity contribution is 0.305. The van der Waals surface area contributed by atoms with Crippen LogP contribution in [0.1, 0.15) is 17.5 Å². The first-order chi connectivity index (χ1) is 10.2. The zero-order chi connectivity index (χ0) is 15.1. The van der Waals surface area contributed by atoms with E-state index in [9.17, 15) is 0 Å². The van der Waals surface area contributed by atoms with Crippen molar-refractivity contribution in [2.45, 2.75) is 17.3 Å². The third-order valence-electron chi connectivity index (χ3n) is 2.87. The average Bonchev–Trinajstić information content (AvgIpc) is 2.91. The number of aryl methyl sites for hydroxylation is 1. The van der Waals surface area contributed by atoms with E-state index in [1.54, 1.807) is 25.1 Å². The number of ether oxygens (including phenoxy) is 1. The molecule has 2 aromatic rings. The predicted molar refractivity (Wildman–Crippen MR) is 84.3 cm³/mol. The van der Waals surface area contributed by atoms with Gasteiger partial charge in [0.1, 0.15) is 5.75 Å². The molecule has 0 aliphatic rings. The van der Waals surface area contributed by atoms with Gasteiger partial charge in [-0.15, -0.1) is 0 Å². The highest BCUT2D eigenvalue weighted by atomic mass is 32.2. The van der Waals surface area contributed by atoms with Gasteiger partial charge in [-0.1, -0.05) is 29.7 Å². The normalized spacial score (nSPS) is 10.0. The zero-order valence-corrected chi connectivity index (χ0v) is 13.0. The van der Waals surface area contributed by atoms with Crippen molar-refractivity contribution in [2.75, 3.05) is 13.7 Å². The minimum atomic E-state index is 0.0734. The van der Waals surface area contributed by atoms with Crippen LogP contribution in [0.4, 0.5) is 0 Å². The maximum atomic E-state index is 8.79. The third kappa shape index (κ3) is 4.28. The number of imidazole rings is 1. The van der Waals surface area contributed by atoms with Crippen molar-refractivity contribution in [3.8, 4) is 17.6 Å². The fraction of sp³-hybridized carbons (Fsp3) is 0.312. The standard InChI is InChI=1S/C16H18N2O2S/c1-18-9-8-17-16(18)21-12-13-6-7-15(20-2)14(11-13)5-3-4-10-19/h6-9,11,19H,4,10,12H2,1-2H3. The fourth-order valence-corrected chi connectivity index (χ4v) is 2.67. The van der Waals surface area contributed by atoms with Gasteiger partial charge >= 0.3 is 0 Å². The highest BCUT2D eigenvalue weighted by Crippen LogP contribution is 2.24. The van der Waals surface area contributed by atoms with Crippen LogP contribution in [0.25, 0.3) is 0 Å². The quantitative estimate of drug-likeness (QED) is 0.681. The Hall–Kier alpha value is -1.90. The van der Waals surface area contributed by atoms with Crippen LogP contribution in [-0.4, -0.2) is 28.4 Å². The van der Waals surface area contributed by atoms with Crippen molar-refractivity contribution < 1.29 is 9.84 Å². The second kappa shape index (κ2) is 7.77. The number of benzene rings is 1. The van der Waals surface area contributed by atoms with Gasteiger partial charge in [0, 0.05) is 31.6 Å². The van der Waals surface area contributed by atoms with Crippen molar-refractivity contribution in [3.05, 3.63) is 41.7 Å². The molecular formula is C16H18N2O2S. The molecule has 1 N–H and O–H groups in total. The summed E-state index contributed by atoms with van der Waals surface area (Å²) < 4.78 is 7.31. The second-order valence-corrected chi connectivity index (χ2v) is 5.36. The molecule has 21 heavy (non-hydrogen) atoms. The van der Waals surface area contributed by atoms with Crippen LogP contribution in [0.2, 0.25) is 0 Å². The summed E-state index contributed by atoms with van der Waals surface area (Å²) in [6, 6.07) is 5.99. The highest BCUT2D eigenvalue weighted by molar-refractivity contribution is 7.98. The Labute approximate surface area is 129 Å². The predicted octanol–water partition coefficient (Wildman–Crippen LogP) is 2.45. The number of thioether (sulfide) groups is 1. The molecule has 5 heteroatoms. The number of aromatic nitrogens is 2. The first-order valence-corrected chi connectivity index (χ1v) is 7.60. The van der Waals surface area contributed by atoms with Gasteiger partial charge in [-0.05, 0) is 17.7 Å². The SMILES string of the molecule is COc1ccc(CSc2nccn2C)cc1C#CCCO. The first-order valence-electron chi connectivity index (χ1n) is 6.61. The van der Waals surface area contributed by atoms with E-state index >= 15 is 0 Å². The van der Waals surface area contributed by atoms with Crippen LogP contribution in [0, 0.1) is 11.8 Å². The summed E-state index contributed by atoms with van der Waals surface area (Å²) in [5.41, 5.74) is 2.01. The summed E-state index contributed by atoms with van der Waals surface area (Å²) in [7, 11) is 3.62. The fourth-order valence-electron chi connectivity index (χ4n) is 1.80. The molecule has 0 spiro atoms. The molecule has 2 rings (SSSR count). The molecule has 1 heterocycles. The van der Waals surface area contributed by atoms with Gasteiger partial charge in [-0.25, -0.2) is 4.98 Å². The van der Waals surface area contributed by atoms with Gasteiger partial charge in [-0.2, -0.15) is 0 Å². The van der Waals surface area contributed by atoms with Gasteiger partial charge in [0.05, 0.1) is 19.3 Å². The van der Waals surface area contributed by atoms with Crippen LogP contribution >= 0.6 is 11.8 Å². The van der Waals surface area contributed by atoms with E-state index in [1.165, 1.54) is 0 Å². The number of hydrogen-bond acceptors (Lipinski definition) is 4. The smallest absolute Gasteiger partial charge is 0.167 e. The number of nitrogens with zero attached hydrogens (tertiary/aromatic N) is 2. The average molecular weight is 302 g/mol. The van der Waals surface area contributed by atoms with E-state index in [0.29, 0.717) is 6.42 Å². The molecule has 0 aliphatic heterocycles. The monoisotopic (exact) mass is 302 g/mol. The summed E-state index contributed by atoms with van der Waals surface area (Å²) in [5.74, 6) is 7.55. The summed E-state index contributed by atoms with van der Waals surface area (Å²) in [6.07, 6.45) is 4.19. The van der Waals surface area contributed by atoms with E-state index in [-0.39, 0.29) is 6.61 Å². The van der Waals surface area contributed by atoms with Crippen molar-refractivity contribution >= 4 is 11.8 Å². The lowest BCUT2D eigenvalue weighted by Gasteiger charge is -2.07.